The van der Waals surface area contributed by atoms with Gasteiger partial charge in [0.15, 0.2) is 0 Å². The first-order valence-corrected chi connectivity index (χ1v) is 7.63. The number of aryl methyl sites for hydroxylation is 1. The first kappa shape index (κ1) is 11.8. The van der Waals surface area contributed by atoms with Crippen molar-refractivity contribution in [2.45, 2.75) is 32.1 Å². The standard InChI is InChI=1S/C16H19ClN2/c1-10-7-15-13(8-14(10)17)12-4-6-19-5-2-3-11(9-19)16(12)18-15/h7-8,11,18H,2-6,9H2,1H3. The summed E-state index contributed by atoms with van der Waals surface area (Å²) in [5.41, 5.74) is 5.44. The fraction of sp³-hybridized carbons (Fsp3) is 0.500. The molecule has 2 atom stereocenters. The van der Waals surface area contributed by atoms with Crippen molar-refractivity contribution in [1.29, 1.82) is 0 Å². The lowest BCUT2D eigenvalue weighted by atomic mass is 9.93. The zero-order valence-electron chi connectivity index (χ0n) is 11.3. The van der Waals surface area contributed by atoms with Crippen molar-refractivity contribution in [2.75, 3.05) is 19.6 Å². The number of halogens is 1. The molecule has 2 unspecified atom stereocenters. The lowest BCUT2D eigenvalue weighted by Gasteiger charge is -2.29. The molecule has 0 amide bonds. The monoisotopic (exact) mass is 274 g/mol. The molecular weight excluding hydrogens is 256 g/mol. The number of hydrogen-bond acceptors (Lipinski definition) is 1. The molecule has 3 heteroatoms. The first-order valence-electron chi connectivity index (χ1n) is 7.25. The van der Waals surface area contributed by atoms with Gasteiger partial charge in [0.05, 0.1) is 0 Å². The summed E-state index contributed by atoms with van der Waals surface area (Å²) >= 11 is 6.31. The number of piperidine rings is 1. The van der Waals surface area contributed by atoms with Crippen molar-refractivity contribution in [3.63, 3.8) is 0 Å². The van der Waals surface area contributed by atoms with Gasteiger partial charge in [-0.25, -0.2) is 0 Å². The highest BCUT2D eigenvalue weighted by molar-refractivity contribution is 6.32. The van der Waals surface area contributed by atoms with E-state index in [0.717, 1.165) is 17.0 Å². The van der Waals surface area contributed by atoms with Gasteiger partial charge in [-0.2, -0.15) is 0 Å². The predicted molar refractivity (Wildman–Crippen MR) is 80.2 cm³/mol. The van der Waals surface area contributed by atoms with Crippen LogP contribution in [-0.4, -0.2) is 29.5 Å². The van der Waals surface area contributed by atoms with E-state index in [-0.39, 0.29) is 0 Å². The molecule has 2 bridgehead atoms. The fourth-order valence-corrected chi connectivity index (χ4v) is 3.95. The maximum absolute atomic E-state index is 6.31. The van der Waals surface area contributed by atoms with E-state index in [1.165, 1.54) is 54.6 Å². The molecule has 0 saturated carbocycles. The third-order valence-electron chi connectivity index (χ3n) is 4.81. The number of aromatic amines is 1. The van der Waals surface area contributed by atoms with Gasteiger partial charge in [-0.3, -0.25) is 0 Å². The lowest BCUT2D eigenvalue weighted by molar-refractivity contribution is 0.217. The van der Waals surface area contributed by atoms with E-state index >= 15 is 0 Å². The van der Waals surface area contributed by atoms with Crippen LogP contribution in [0.2, 0.25) is 5.02 Å². The number of hydrogen-bond donors (Lipinski definition) is 1. The largest absolute Gasteiger partial charge is 0.358 e. The zero-order chi connectivity index (χ0) is 13.0. The van der Waals surface area contributed by atoms with Crippen LogP contribution in [0.5, 0.6) is 0 Å². The van der Waals surface area contributed by atoms with Crippen molar-refractivity contribution in [1.82, 2.24) is 9.88 Å². The molecule has 1 saturated heterocycles. The molecule has 4 rings (SSSR count). The van der Waals surface area contributed by atoms with E-state index < -0.39 is 0 Å². The minimum atomic E-state index is 0.692. The Morgan fingerprint density at radius 3 is 3.11 bits per heavy atom. The highest BCUT2D eigenvalue weighted by atomic mass is 35.5. The quantitative estimate of drug-likeness (QED) is 0.773. The SMILES string of the molecule is Cc1cc2[nH]c3c(c2cc1Cl)CCN1CCCC3C1. The number of rotatable bonds is 0. The van der Waals surface area contributed by atoms with Gasteiger partial charge in [-0.05, 0) is 56.0 Å². The maximum atomic E-state index is 6.31. The van der Waals surface area contributed by atoms with Gasteiger partial charge in [0.25, 0.3) is 0 Å². The molecule has 2 aliphatic heterocycles. The zero-order valence-corrected chi connectivity index (χ0v) is 12.1. The highest BCUT2D eigenvalue weighted by Gasteiger charge is 2.29. The van der Waals surface area contributed by atoms with Crippen LogP contribution < -0.4 is 0 Å². The van der Waals surface area contributed by atoms with Crippen LogP contribution in [0, 0.1) is 6.92 Å². The molecule has 19 heavy (non-hydrogen) atoms. The van der Waals surface area contributed by atoms with Gasteiger partial charge >= 0.3 is 0 Å². The normalized spacial score (nSPS) is 26.2. The van der Waals surface area contributed by atoms with Crippen molar-refractivity contribution in [2.24, 2.45) is 0 Å². The van der Waals surface area contributed by atoms with Crippen molar-refractivity contribution < 1.29 is 0 Å². The number of nitrogens with one attached hydrogen (secondary N) is 1. The molecule has 2 nitrogen and oxygen atoms in total. The molecule has 1 N–H and O–H groups in total. The van der Waals surface area contributed by atoms with E-state index in [0.29, 0.717) is 5.92 Å². The molecule has 1 aromatic heterocycles. The molecule has 0 aliphatic carbocycles. The predicted octanol–water partition coefficient (Wildman–Crippen LogP) is 3.87. The fourth-order valence-electron chi connectivity index (χ4n) is 3.78. The highest BCUT2D eigenvalue weighted by Crippen LogP contribution is 2.37. The Morgan fingerprint density at radius 2 is 2.21 bits per heavy atom. The Bertz CT molecular complexity index is 644. The second kappa shape index (κ2) is 4.26. The van der Waals surface area contributed by atoms with E-state index in [4.69, 9.17) is 11.6 Å². The number of benzene rings is 1. The van der Waals surface area contributed by atoms with Gasteiger partial charge < -0.3 is 9.88 Å². The van der Waals surface area contributed by atoms with Crippen molar-refractivity contribution >= 4 is 22.5 Å². The number of H-pyrrole nitrogens is 1. The molecular formula is C16H19ClN2. The van der Waals surface area contributed by atoms with Crippen LogP contribution >= 0.6 is 11.6 Å². The average molecular weight is 275 g/mol. The maximum Gasteiger partial charge on any atom is 0.0462 e. The number of aromatic nitrogens is 1. The second-order valence-corrected chi connectivity index (χ2v) is 6.46. The lowest BCUT2D eigenvalue weighted by Crippen LogP contribution is -2.33. The minimum absolute atomic E-state index is 0.692. The van der Waals surface area contributed by atoms with Gasteiger partial charge in [-0.15, -0.1) is 0 Å². The topological polar surface area (TPSA) is 19.0 Å². The van der Waals surface area contributed by atoms with Gasteiger partial charge in [0.2, 0.25) is 0 Å². The van der Waals surface area contributed by atoms with Crippen molar-refractivity contribution in [3.05, 3.63) is 34.0 Å². The summed E-state index contributed by atoms with van der Waals surface area (Å²) in [5.74, 6) is 0.692. The number of nitrogens with zero attached hydrogens (tertiary/aromatic N) is 1. The van der Waals surface area contributed by atoms with Crippen molar-refractivity contribution in [3.8, 4) is 0 Å². The first-order chi connectivity index (χ1) is 9.22. The summed E-state index contributed by atoms with van der Waals surface area (Å²) < 4.78 is 0. The Balaban J connectivity index is 1.92. The molecule has 1 aromatic carbocycles. The summed E-state index contributed by atoms with van der Waals surface area (Å²) in [4.78, 5) is 6.31. The molecule has 0 radical (unpaired) electrons. The molecule has 2 aromatic rings. The van der Waals surface area contributed by atoms with Gasteiger partial charge in [-0.1, -0.05) is 11.6 Å². The van der Waals surface area contributed by atoms with E-state index in [2.05, 4.69) is 28.9 Å². The van der Waals surface area contributed by atoms with Crippen LogP contribution in [0.4, 0.5) is 0 Å². The third-order valence-corrected chi connectivity index (χ3v) is 5.22. The summed E-state index contributed by atoms with van der Waals surface area (Å²) in [6, 6.07) is 4.36. The summed E-state index contributed by atoms with van der Waals surface area (Å²) in [6.45, 7) is 5.78. The van der Waals surface area contributed by atoms with E-state index in [1.54, 1.807) is 0 Å². The summed E-state index contributed by atoms with van der Waals surface area (Å²) in [5, 5.41) is 2.24. The van der Waals surface area contributed by atoms with Crippen LogP contribution in [-0.2, 0) is 6.42 Å². The summed E-state index contributed by atoms with van der Waals surface area (Å²) in [6.07, 6.45) is 3.81. The Morgan fingerprint density at radius 1 is 1.32 bits per heavy atom. The molecule has 0 spiro atoms. The molecule has 1 fully saturated rings. The summed E-state index contributed by atoms with van der Waals surface area (Å²) in [7, 11) is 0. The average Bonchev–Trinajstić information content (AvgIpc) is 2.69. The van der Waals surface area contributed by atoms with E-state index in [9.17, 15) is 0 Å². The molecule has 3 heterocycles. The Kier molecular flexibility index (Phi) is 2.64. The van der Waals surface area contributed by atoms with Gasteiger partial charge in [0, 0.05) is 40.6 Å². The van der Waals surface area contributed by atoms with Crippen LogP contribution in [0.1, 0.15) is 35.6 Å². The Hall–Kier alpha value is -0.990. The molecule has 100 valence electrons. The van der Waals surface area contributed by atoms with Gasteiger partial charge in [0.1, 0.15) is 0 Å². The van der Waals surface area contributed by atoms with Crippen LogP contribution in [0.3, 0.4) is 0 Å². The van der Waals surface area contributed by atoms with Crippen LogP contribution in [0.25, 0.3) is 10.9 Å². The Labute approximate surface area is 118 Å². The number of fused-ring (bicyclic) bond motifs is 6. The minimum Gasteiger partial charge on any atom is -0.358 e. The van der Waals surface area contributed by atoms with E-state index in [1.807, 2.05) is 0 Å². The van der Waals surface area contributed by atoms with Crippen LogP contribution in [0.15, 0.2) is 12.1 Å². The third kappa shape index (κ3) is 1.81. The molecule has 2 aliphatic rings. The smallest absolute Gasteiger partial charge is 0.0462 e. The second-order valence-electron chi connectivity index (χ2n) is 6.05.